The molecule has 1 amide bonds. The van der Waals surface area contributed by atoms with Gasteiger partial charge in [-0.15, -0.1) is 10.2 Å². The van der Waals surface area contributed by atoms with Gasteiger partial charge < -0.3 is 19.5 Å². The predicted molar refractivity (Wildman–Crippen MR) is 102 cm³/mol. The number of anilines is 1. The highest BCUT2D eigenvalue weighted by Gasteiger charge is 2.27. The molecule has 0 unspecified atom stereocenters. The third kappa shape index (κ3) is 4.20. The molecule has 0 aliphatic heterocycles. The molecule has 0 saturated heterocycles. The van der Waals surface area contributed by atoms with E-state index in [1.807, 2.05) is 12.1 Å². The molecule has 0 spiro atoms. The summed E-state index contributed by atoms with van der Waals surface area (Å²) >= 11 is 0. The number of rotatable bonds is 8. The maximum Gasteiger partial charge on any atom is 0.235 e. The molecule has 9 heteroatoms. The van der Waals surface area contributed by atoms with Crippen LogP contribution in [0.5, 0.6) is 17.2 Å². The van der Waals surface area contributed by atoms with Gasteiger partial charge in [0.2, 0.25) is 5.91 Å². The molecule has 9 nitrogen and oxygen atoms in total. The molecule has 1 aromatic heterocycles. The number of para-hydroxylation sites is 1. The summed E-state index contributed by atoms with van der Waals surface area (Å²) < 4.78 is 16.0. The van der Waals surface area contributed by atoms with E-state index in [1.165, 1.54) is 0 Å². The van der Waals surface area contributed by atoms with Gasteiger partial charge in [0.05, 0.1) is 21.3 Å². The normalized spacial score (nSPS) is 11.5. The number of amides is 1. The lowest BCUT2D eigenvalue weighted by Gasteiger charge is -2.17. The summed E-state index contributed by atoms with van der Waals surface area (Å²) in [5, 5.41) is 16.9. The average molecular weight is 383 g/mol. The molecule has 0 aliphatic carbocycles. The van der Waals surface area contributed by atoms with Crippen molar-refractivity contribution in [3.05, 3.63) is 53.9 Å². The van der Waals surface area contributed by atoms with Gasteiger partial charge in [-0.25, -0.2) is 0 Å². The molecule has 0 aliphatic rings. The summed E-state index contributed by atoms with van der Waals surface area (Å²) in [5.74, 6) is 1.10. The first-order valence-corrected chi connectivity index (χ1v) is 8.54. The van der Waals surface area contributed by atoms with Crippen molar-refractivity contribution in [3.63, 3.8) is 0 Å². The molecule has 28 heavy (non-hydrogen) atoms. The molecular formula is C19H21N5O4. The molecule has 0 radical (unpaired) electrons. The van der Waals surface area contributed by atoms with E-state index in [9.17, 15) is 4.79 Å². The van der Waals surface area contributed by atoms with Crippen molar-refractivity contribution in [2.45, 2.75) is 12.3 Å². The molecule has 3 rings (SSSR count). The van der Waals surface area contributed by atoms with E-state index < -0.39 is 5.92 Å². The summed E-state index contributed by atoms with van der Waals surface area (Å²) in [7, 11) is 4.69. The zero-order valence-corrected chi connectivity index (χ0v) is 15.8. The lowest BCUT2D eigenvalue weighted by Crippen LogP contribution is -2.24. The average Bonchev–Trinajstić information content (AvgIpc) is 3.26. The van der Waals surface area contributed by atoms with Gasteiger partial charge in [-0.1, -0.05) is 23.4 Å². The number of hydrogen-bond acceptors (Lipinski definition) is 7. The molecule has 1 heterocycles. The first-order chi connectivity index (χ1) is 13.7. The maximum absolute atomic E-state index is 13.0. The van der Waals surface area contributed by atoms with Crippen LogP contribution in [-0.2, 0) is 11.2 Å². The third-order valence-electron chi connectivity index (χ3n) is 4.24. The van der Waals surface area contributed by atoms with Crippen LogP contribution >= 0.6 is 0 Å². The topological polar surface area (TPSA) is 111 Å². The monoisotopic (exact) mass is 383 g/mol. The summed E-state index contributed by atoms with van der Waals surface area (Å²) in [4.78, 5) is 13.0. The van der Waals surface area contributed by atoms with Crippen LogP contribution in [0.25, 0.3) is 0 Å². The van der Waals surface area contributed by atoms with Crippen LogP contribution in [0.3, 0.4) is 0 Å². The van der Waals surface area contributed by atoms with E-state index in [2.05, 4.69) is 25.9 Å². The van der Waals surface area contributed by atoms with Crippen molar-refractivity contribution in [2.24, 2.45) is 0 Å². The SMILES string of the molecule is COc1cccc(NC(=O)[C@@H](Cc2cccc(OC)c2OC)c2nn[nH]n2)c1. The highest BCUT2D eigenvalue weighted by molar-refractivity contribution is 5.95. The standard InChI is InChI=1S/C19H21N5O4/c1-26-14-8-5-7-13(11-14)20-19(25)15(18-21-23-24-22-18)10-12-6-4-9-16(27-2)17(12)28-3/h4-9,11,15H,10H2,1-3H3,(H,20,25)(H,21,22,23,24)/t15-/m0/s1. The summed E-state index contributed by atoms with van der Waals surface area (Å²) in [6.07, 6.45) is 0.301. The zero-order chi connectivity index (χ0) is 19.9. The van der Waals surface area contributed by atoms with Gasteiger partial charge in [-0.3, -0.25) is 4.79 Å². The Bertz CT molecular complexity index is 930. The zero-order valence-electron chi connectivity index (χ0n) is 15.8. The summed E-state index contributed by atoms with van der Waals surface area (Å²) in [6.45, 7) is 0. The van der Waals surface area contributed by atoms with Crippen molar-refractivity contribution < 1.29 is 19.0 Å². The van der Waals surface area contributed by atoms with Gasteiger partial charge in [-0.2, -0.15) is 5.21 Å². The van der Waals surface area contributed by atoms with Crippen molar-refractivity contribution in [3.8, 4) is 17.2 Å². The highest BCUT2D eigenvalue weighted by atomic mass is 16.5. The first-order valence-electron chi connectivity index (χ1n) is 8.54. The number of carbonyl (C=O) groups excluding carboxylic acids is 1. The minimum absolute atomic E-state index is 0.278. The fraction of sp³-hybridized carbons (Fsp3) is 0.263. The lowest BCUT2D eigenvalue weighted by atomic mass is 9.96. The number of tetrazole rings is 1. The highest BCUT2D eigenvalue weighted by Crippen LogP contribution is 2.34. The number of aromatic nitrogens is 4. The van der Waals surface area contributed by atoms with E-state index in [1.54, 1.807) is 51.7 Å². The van der Waals surface area contributed by atoms with Crippen LogP contribution in [-0.4, -0.2) is 47.9 Å². The molecule has 0 fully saturated rings. The van der Waals surface area contributed by atoms with Crippen molar-refractivity contribution in [2.75, 3.05) is 26.6 Å². The predicted octanol–water partition coefficient (Wildman–Crippen LogP) is 2.19. The van der Waals surface area contributed by atoms with Crippen LogP contribution in [0, 0.1) is 0 Å². The number of ether oxygens (including phenoxy) is 3. The van der Waals surface area contributed by atoms with Crippen molar-refractivity contribution in [1.29, 1.82) is 0 Å². The molecule has 2 N–H and O–H groups in total. The first kappa shape index (κ1) is 19.2. The number of carbonyl (C=O) groups is 1. The van der Waals surface area contributed by atoms with Crippen molar-refractivity contribution >= 4 is 11.6 Å². The minimum Gasteiger partial charge on any atom is -0.497 e. The summed E-state index contributed by atoms with van der Waals surface area (Å²) in [6, 6.07) is 12.6. The maximum atomic E-state index is 13.0. The second kappa shape index (κ2) is 8.85. The fourth-order valence-electron chi connectivity index (χ4n) is 2.88. The minimum atomic E-state index is -0.689. The Hall–Kier alpha value is -3.62. The smallest absolute Gasteiger partial charge is 0.235 e. The number of nitrogens with one attached hydrogen (secondary N) is 2. The Kier molecular flexibility index (Phi) is 6.05. The van der Waals surface area contributed by atoms with E-state index in [0.29, 0.717) is 29.4 Å². The quantitative estimate of drug-likeness (QED) is 0.613. The Balaban J connectivity index is 1.89. The van der Waals surface area contributed by atoms with Gasteiger partial charge in [0.15, 0.2) is 17.3 Å². The van der Waals surface area contributed by atoms with E-state index in [0.717, 1.165) is 5.56 Å². The van der Waals surface area contributed by atoms with Crippen LogP contribution in [0.2, 0.25) is 0 Å². The summed E-state index contributed by atoms with van der Waals surface area (Å²) in [5.41, 5.74) is 1.40. The molecule has 2 aromatic carbocycles. The fourth-order valence-corrected chi connectivity index (χ4v) is 2.88. The van der Waals surface area contributed by atoms with Gasteiger partial charge in [0, 0.05) is 11.8 Å². The molecule has 1 atom stereocenters. The molecule has 3 aromatic rings. The number of nitrogens with zero attached hydrogens (tertiary/aromatic N) is 3. The number of benzene rings is 2. The van der Waals surface area contributed by atoms with Gasteiger partial charge >= 0.3 is 0 Å². The molecule has 0 bridgehead atoms. The number of hydrogen-bond donors (Lipinski definition) is 2. The second-order valence-electron chi connectivity index (χ2n) is 5.90. The van der Waals surface area contributed by atoms with Gasteiger partial charge in [0.1, 0.15) is 11.7 Å². The van der Waals surface area contributed by atoms with E-state index in [4.69, 9.17) is 14.2 Å². The van der Waals surface area contributed by atoms with Crippen LogP contribution in [0.15, 0.2) is 42.5 Å². The van der Waals surface area contributed by atoms with E-state index >= 15 is 0 Å². The van der Waals surface area contributed by atoms with Crippen LogP contribution in [0.1, 0.15) is 17.3 Å². The van der Waals surface area contributed by atoms with E-state index in [-0.39, 0.29) is 11.7 Å². The van der Waals surface area contributed by atoms with Crippen LogP contribution in [0.4, 0.5) is 5.69 Å². The number of methoxy groups -OCH3 is 3. The molecule has 0 saturated carbocycles. The second-order valence-corrected chi connectivity index (χ2v) is 5.90. The molecular weight excluding hydrogens is 362 g/mol. The van der Waals surface area contributed by atoms with Crippen molar-refractivity contribution in [1.82, 2.24) is 20.6 Å². The third-order valence-corrected chi connectivity index (χ3v) is 4.24. The van der Waals surface area contributed by atoms with Gasteiger partial charge in [-0.05, 0) is 30.2 Å². The largest absolute Gasteiger partial charge is 0.497 e. The Morgan fingerprint density at radius 1 is 1.11 bits per heavy atom. The molecule has 146 valence electrons. The Morgan fingerprint density at radius 2 is 1.93 bits per heavy atom. The number of H-pyrrole nitrogens is 1. The van der Waals surface area contributed by atoms with Gasteiger partial charge in [0.25, 0.3) is 0 Å². The Labute approximate surface area is 162 Å². The lowest BCUT2D eigenvalue weighted by molar-refractivity contribution is -0.117. The van der Waals surface area contributed by atoms with Crippen LogP contribution < -0.4 is 19.5 Å². The Morgan fingerprint density at radius 3 is 2.61 bits per heavy atom. The number of aromatic amines is 1.